The standard InChI is InChI=1S/C29H45NO6/c1-3-35-28(32)22-24-36-29(33)25-18-20-26(21-19-25)30-23-16-14-12-10-8-6-4-5-7-9-11-13-15-17-27(31)34-2/h18-22,24,30H,3-17,23H2,1-2H3. The Balaban J connectivity index is 1.95. The van der Waals surface area contributed by atoms with Crippen molar-refractivity contribution in [3.8, 4) is 0 Å². The largest absolute Gasteiger partial charge is 0.469 e. The van der Waals surface area contributed by atoms with E-state index in [-0.39, 0.29) is 12.6 Å². The lowest BCUT2D eigenvalue weighted by Crippen LogP contribution is -2.04. The van der Waals surface area contributed by atoms with E-state index in [2.05, 4.69) is 10.1 Å². The van der Waals surface area contributed by atoms with Crippen molar-refractivity contribution in [3.63, 3.8) is 0 Å². The monoisotopic (exact) mass is 503 g/mol. The van der Waals surface area contributed by atoms with Crippen molar-refractivity contribution < 1.29 is 28.6 Å². The number of carbonyl (C=O) groups excluding carboxylic acids is 3. The van der Waals surface area contributed by atoms with Gasteiger partial charge in [0.15, 0.2) is 0 Å². The average Bonchev–Trinajstić information content (AvgIpc) is 2.88. The first-order valence-electron chi connectivity index (χ1n) is 13.5. The molecule has 0 bridgehead atoms. The molecule has 36 heavy (non-hydrogen) atoms. The molecule has 0 radical (unpaired) electrons. The van der Waals surface area contributed by atoms with Gasteiger partial charge in [0.1, 0.15) is 6.26 Å². The fraction of sp³-hybridized carbons (Fsp3) is 0.621. The molecule has 1 aromatic carbocycles. The molecular weight excluding hydrogens is 458 g/mol. The Kier molecular flexibility index (Phi) is 18.6. The van der Waals surface area contributed by atoms with Gasteiger partial charge in [0.05, 0.1) is 25.4 Å². The number of hydrogen-bond donors (Lipinski definition) is 1. The molecule has 0 aliphatic carbocycles. The van der Waals surface area contributed by atoms with Crippen LogP contribution in [0.4, 0.5) is 5.69 Å². The van der Waals surface area contributed by atoms with Gasteiger partial charge in [-0.05, 0) is 44.0 Å². The molecular formula is C29H45NO6. The normalized spacial score (nSPS) is 10.8. The minimum absolute atomic E-state index is 0.0957. The van der Waals surface area contributed by atoms with E-state index >= 15 is 0 Å². The van der Waals surface area contributed by atoms with Gasteiger partial charge in [0.2, 0.25) is 0 Å². The molecule has 0 aliphatic rings. The topological polar surface area (TPSA) is 90.9 Å². The summed E-state index contributed by atoms with van der Waals surface area (Å²) in [7, 11) is 1.45. The summed E-state index contributed by atoms with van der Waals surface area (Å²) in [4.78, 5) is 34.2. The molecule has 0 saturated carbocycles. The van der Waals surface area contributed by atoms with Crippen LogP contribution >= 0.6 is 0 Å². The molecule has 0 fully saturated rings. The summed E-state index contributed by atoms with van der Waals surface area (Å²) in [5, 5.41) is 3.38. The highest BCUT2D eigenvalue weighted by atomic mass is 16.5. The summed E-state index contributed by atoms with van der Waals surface area (Å²) < 4.78 is 14.3. The summed E-state index contributed by atoms with van der Waals surface area (Å²) in [5.74, 6) is -1.16. The van der Waals surface area contributed by atoms with E-state index in [0.29, 0.717) is 12.0 Å². The van der Waals surface area contributed by atoms with Crippen LogP contribution in [0.15, 0.2) is 36.6 Å². The van der Waals surface area contributed by atoms with Gasteiger partial charge < -0.3 is 19.5 Å². The molecule has 0 amide bonds. The minimum Gasteiger partial charge on any atom is -0.469 e. The zero-order valence-electron chi connectivity index (χ0n) is 22.2. The Labute approximate surface area is 217 Å². The number of methoxy groups -OCH3 is 1. The van der Waals surface area contributed by atoms with E-state index in [1.165, 1.54) is 71.3 Å². The predicted molar refractivity (Wildman–Crippen MR) is 143 cm³/mol. The number of unbranched alkanes of at least 4 members (excludes halogenated alkanes) is 12. The van der Waals surface area contributed by atoms with Crippen molar-refractivity contribution in [1.29, 1.82) is 0 Å². The molecule has 1 aromatic rings. The van der Waals surface area contributed by atoms with Crippen molar-refractivity contribution in [2.24, 2.45) is 0 Å². The summed E-state index contributed by atoms with van der Waals surface area (Å²) in [6, 6.07) is 7.12. The molecule has 0 aliphatic heterocycles. The molecule has 0 aromatic heterocycles. The molecule has 7 nitrogen and oxygen atoms in total. The highest BCUT2D eigenvalue weighted by Crippen LogP contribution is 2.14. The molecule has 1 rings (SSSR count). The highest BCUT2D eigenvalue weighted by Gasteiger charge is 2.06. The summed E-state index contributed by atoms with van der Waals surface area (Å²) in [6.45, 7) is 2.89. The molecule has 0 unspecified atom stereocenters. The van der Waals surface area contributed by atoms with Gasteiger partial charge in [-0.25, -0.2) is 9.59 Å². The van der Waals surface area contributed by atoms with Gasteiger partial charge in [-0.15, -0.1) is 0 Å². The van der Waals surface area contributed by atoms with Crippen molar-refractivity contribution >= 4 is 23.6 Å². The van der Waals surface area contributed by atoms with Gasteiger partial charge in [-0.2, -0.15) is 0 Å². The minimum atomic E-state index is -0.544. The summed E-state index contributed by atoms with van der Waals surface area (Å²) in [6.07, 6.45) is 18.8. The molecule has 0 saturated heterocycles. The van der Waals surface area contributed by atoms with E-state index in [0.717, 1.165) is 43.8 Å². The molecule has 0 atom stereocenters. The molecule has 1 N–H and O–H groups in total. The van der Waals surface area contributed by atoms with Crippen molar-refractivity contribution in [2.45, 2.75) is 96.8 Å². The van der Waals surface area contributed by atoms with E-state index in [1.54, 1.807) is 19.1 Å². The first-order valence-corrected chi connectivity index (χ1v) is 13.5. The van der Waals surface area contributed by atoms with Gasteiger partial charge in [0, 0.05) is 18.7 Å². The zero-order valence-corrected chi connectivity index (χ0v) is 22.2. The second kappa shape index (κ2) is 21.5. The Morgan fingerprint density at radius 1 is 0.778 bits per heavy atom. The van der Waals surface area contributed by atoms with Crippen molar-refractivity contribution in [3.05, 3.63) is 42.2 Å². The van der Waals surface area contributed by atoms with Crippen LogP contribution in [0.2, 0.25) is 0 Å². The SMILES string of the molecule is CCOC(=O)C=COC(=O)c1ccc(NCCCCCCCCCCCCCCCC(=O)OC)cc1. The molecule has 0 spiro atoms. The second-order valence-electron chi connectivity index (χ2n) is 8.89. The van der Waals surface area contributed by atoms with E-state index in [9.17, 15) is 14.4 Å². The fourth-order valence-corrected chi connectivity index (χ4v) is 3.81. The maximum Gasteiger partial charge on any atom is 0.342 e. The number of nitrogens with one attached hydrogen (secondary N) is 1. The van der Waals surface area contributed by atoms with E-state index < -0.39 is 11.9 Å². The van der Waals surface area contributed by atoms with E-state index in [1.807, 2.05) is 12.1 Å². The van der Waals surface area contributed by atoms with Gasteiger partial charge in [-0.3, -0.25) is 4.79 Å². The zero-order chi connectivity index (χ0) is 26.3. The van der Waals surface area contributed by atoms with Crippen LogP contribution in [0.1, 0.15) is 107 Å². The number of carbonyl (C=O) groups is 3. The maximum absolute atomic E-state index is 12.0. The van der Waals surface area contributed by atoms with Crippen LogP contribution in [0, 0.1) is 0 Å². The number of ether oxygens (including phenoxy) is 3. The first kappa shape index (κ1) is 31.2. The molecule has 0 heterocycles. The summed E-state index contributed by atoms with van der Waals surface area (Å²) >= 11 is 0. The second-order valence-corrected chi connectivity index (χ2v) is 8.89. The molecule has 202 valence electrons. The van der Waals surface area contributed by atoms with Crippen LogP contribution in [-0.4, -0.2) is 38.2 Å². The Morgan fingerprint density at radius 2 is 1.31 bits per heavy atom. The lowest BCUT2D eigenvalue weighted by Gasteiger charge is -2.07. The van der Waals surface area contributed by atoms with Crippen LogP contribution in [-0.2, 0) is 23.8 Å². The third kappa shape index (κ3) is 16.7. The molecule has 7 heteroatoms. The lowest BCUT2D eigenvalue weighted by atomic mass is 10.0. The number of rotatable bonds is 21. The van der Waals surface area contributed by atoms with Crippen LogP contribution < -0.4 is 5.32 Å². The number of benzene rings is 1. The number of esters is 3. The quantitative estimate of drug-likeness (QED) is 0.0637. The Hall–Kier alpha value is -2.83. The third-order valence-corrected chi connectivity index (χ3v) is 5.90. The number of hydrogen-bond acceptors (Lipinski definition) is 7. The van der Waals surface area contributed by atoms with Gasteiger partial charge in [-0.1, -0.05) is 70.6 Å². The van der Waals surface area contributed by atoms with Crippen LogP contribution in [0.25, 0.3) is 0 Å². The average molecular weight is 504 g/mol. The maximum atomic E-state index is 12.0. The Bertz CT molecular complexity index is 760. The van der Waals surface area contributed by atoms with Gasteiger partial charge in [0.25, 0.3) is 0 Å². The smallest absolute Gasteiger partial charge is 0.342 e. The first-order chi connectivity index (χ1) is 17.6. The predicted octanol–water partition coefficient (Wildman–Crippen LogP) is 6.97. The van der Waals surface area contributed by atoms with Crippen LogP contribution in [0.5, 0.6) is 0 Å². The lowest BCUT2D eigenvalue weighted by molar-refractivity contribution is -0.141. The van der Waals surface area contributed by atoms with Crippen molar-refractivity contribution in [1.82, 2.24) is 0 Å². The Morgan fingerprint density at radius 3 is 1.83 bits per heavy atom. The van der Waals surface area contributed by atoms with Crippen LogP contribution in [0.3, 0.4) is 0 Å². The van der Waals surface area contributed by atoms with Crippen molar-refractivity contribution in [2.75, 3.05) is 25.6 Å². The third-order valence-electron chi connectivity index (χ3n) is 5.90. The van der Waals surface area contributed by atoms with Gasteiger partial charge >= 0.3 is 17.9 Å². The van der Waals surface area contributed by atoms with E-state index in [4.69, 9.17) is 9.47 Å². The highest BCUT2D eigenvalue weighted by molar-refractivity contribution is 5.90. The number of anilines is 1. The summed E-state index contributed by atoms with van der Waals surface area (Å²) in [5.41, 5.74) is 1.39. The fourth-order valence-electron chi connectivity index (χ4n) is 3.81.